The second-order valence-corrected chi connectivity index (χ2v) is 6.55. The van der Waals surface area contributed by atoms with Crippen molar-refractivity contribution in [3.8, 4) is 0 Å². The van der Waals surface area contributed by atoms with E-state index < -0.39 is 0 Å². The van der Waals surface area contributed by atoms with E-state index in [1.807, 2.05) is 0 Å². The molecule has 0 spiro atoms. The summed E-state index contributed by atoms with van der Waals surface area (Å²) in [5.74, 6) is -0.643. The molecule has 0 aliphatic rings. The van der Waals surface area contributed by atoms with Gasteiger partial charge < -0.3 is 5.32 Å². The molecule has 0 atom stereocenters. The fourth-order valence-electron chi connectivity index (χ4n) is 2.10. The number of nitrogens with one attached hydrogen (secondary N) is 1. The van der Waals surface area contributed by atoms with Gasteiger partial charge in [-0.15, -0.1) is 16.4 Å². The fraction of sp³-hybridized carbons (Fsp3) is 0.214. The molecule has 3 aromatic rings. The minimum atomic E-state index is -0.388. The summed E-state index contributed by atoms with van der Waals surface area (Å²) in [6, 6.07) is 4.36. The van der Waals surface area contributed by atoms with Gasteiger partial charge in [-0.25, -0.2) is 14.1 Å². The fourth-order valence-corrected chi connectivity index (χ4v) is 3.36. The number of carbonyl (C=O) groups is 1. The molecule has 0 fully saturated rings. The molecule has 0 saturated heterocycles. The number of aromatic nitrogens is 5. The van der Waals surface area contributed by atoms with Crippen molar-refractivity contribution < 1.29 is 9.18 Å². The summed E-state index contributed by atoms with van der Waals surface area (Å²) >= 11 is 7.19. The van der Waals surface area contributed by atoms with Crippen molar-refractivity contribution in [1.29, 1.82) is 0 Å². The van der Waals surface area contributed by atoms with E-state index in [0.29, 0.717) is 22.1 Å². The Labute approximate surface area is 145 Å². The molecule has 1 aromatic carbocycles. The molecule has 124 valence electrons. The van der Waals surface area contributed by atoms with E-state index in [9.17, 15) is 9.18 Å². The lowest BCUT2D eigenvalue weighted by Crippen LogP contribution is -2.19. The van der Waals surface area contributed by atoms with Gasteiger partial charge in [-0.05, 0) is 41.1 Å². The molecule has 0 saturated carbocycles. The summed E-state index contributed by atoms with van der Waals surface area (Å²) in [6.45, 7) is 1.81. The summed E-state index contributed by atoms with van der Waals surface area (Å²) in [4.78, 5) is 16.4. The molecule has 1 N–H and O–H groups in total. The van der Waals surface area contributed by atoms with Gasteiger partial charge in [0, 0.05) is 11.4 Å². The van der Waals surface area contributed by atoms with Crippen LogP contribution in [-0.2, 0) is 17.8 Å². The van der Waals surface area contributed by atoms with Crippen LogP contribution < -0.4 is 5.32 Å². The van der Waals surface area contributed by atoms with Crippen molar-refractivity contribution in [2.45, 2.75) is 19.9 Å². The zero-order chi connectivity index (χ0) is 17.1. The zero-order valence-corrected chi connectivity index (χ0v) is 14.1. The van der Waals surface area contributed by atoms with Gasteiger partial charge in [-0.2, -0.15) is 0 Å². The Balaban J connectivity index is 1.69. The lowest BCUT2D eigenvalue weighted by Gasteiger charge is -2.02. The highest BCUT2D eigenvalue weighted by molar-refractivity contribution is 7.16. The molecule has 0 unspecified atom stereocenters. The van der Waals surface area contributed by atoms with E-state index in [1.165, 1.54) is 34.5 Å². The second-order valence-electron chi connectivity index (χ2n) is 5.03. The topological polar surface area (TPSA) is 85.6 Å². The Hall–Kier alpha value is -2.39. The Morgan fingerprint density at radius 1 is 1.42 bits per heavy atom. The molecular weight excluding hydrogens is 355 g/mol. The average Bonchev–Trinajstić information content (AvgIpc) is 3.08. The minimum absolute atomic E-state index is 0.0131. The monoisotopic (exact) mass is 366 g/mol. The third-order valence-corrected chi connectivity index (χ3v) is 4.36. The van der Waals surface area contributed by atoms with Gasteiger partial charge in [0.05, 0.1) is 10.7 Å². The van der Waals surface area contributed by atoms with Crippen LogP contribution in [0.3, 0.4) is 0 Å². The second kappa shape index (κ2) is 7.02. The maximum Gasteiger partial charge on any atom is 0.246 e. The Morgan fingerprint density at radius 3 is 2.96 bits per heavy atom. The van der Waals surface area contributed by atoms with Crippen molar-refractivity contribution in [2.24, 2.45) is 0 Å². The number of benzene rings is 1. The van der Waals surface area contributed by atoms with Crippen LogP contribution in [0.15, 0.2) is 24.5 Å². The molecule has 2 heterocycles. The highest BCUT2D eigenvalue weighted by atomic mass is 35.5. The van der Waals surface area contributed by atoms with Crippen LogP contribution in [0.4, 0.5) is 9.39 Å². The first-order chi connectivity index (χ1) is 11.5. The van der Waals surface area contributed by atoms with Crippen molar-refractivity contribution in [2.75, 3.05) is 5.32 Å². The number of nitrogens with zero attached hydrogens (tertiary/aromatic N) is 5. The molecule has 0 radical (unpaired) electrons. The lowest BCUT2D eigenvalue weighted by molar-refractivity contribution is -0.116. The number of rotatable bonds is 5. The van der Waals surface area contributed by atoms with Crippen LogP contribution in [0.5, 0.6) is 0 Å². The number of tetrazole rings is 1. The summed E-state index contributed by atoms with van der Waals surface area (Å²) in [5.41, 5.74) is 1.42. The predicted octanol–water partition coefficient (Wildman–Crippen LogP) is 2.46. The van der Waals surface area contributed by atoms with E-state index >= 15 is 0 Å². The van der Waals surface area contributed by atoms with Crippen molar-refractivity contribution in [3.63, 3.8) is 0 Å². The highest BCUT2D eigenvalue weighted by Crippen LogP contribution is 2.26. The van der Waals surface area contributed by atoms with E-state index in [4.69, 9.17) is 11.6 Å². The van der Waals surface area contributed by atoms with Gasteiger partial charge in [0.1, 0.15) is 23.7 Å². The lowest BCUT2D eigenvalue weighted by atomic mass is 10.1. The first-order valence-corrected chi connectivity index (χ1v) is 8.11. The van der Waals surface area contributed by atoms with Crippen molar-refractivity contribution in [1.82, 2.24) is 25.2 Å². The zero-order valence-electron chi connectivity index (χ0n) is 12.5. The van der Waals surface area contributed by atoms with E-state index in [-0.39, 0.29) is 18.3 Å². The summed E-state index contributed by atoms with van der Waals surface area (Å²) in [6.07, 6.45) is 1.80. The number of hydrogen-bond acceptors (Lipinski definition) is 6. The van der Waals surface area contributed by atoms with Crippen LogP contribution in [-0.4, -0.2) is 31.1 Å². The summed E-state index contributed by atoms with van der Waals surface area (Å²) in [7, 11) is 0. The van der Waals surface area contributed by atoms with E-state index in [0.717, 1.165) is 10.6 Å². The maximum absolute atomic E-state index is 13.4. The van der Waals surface area contributed by atoms with Gasteiger partial charge in [0.2, 0.25) is 5.91 Å². The smallest absolute Gasteiger partial charge is 0.246 e. The third-order valence-electron chi connectivity index (χ3n) is 3.07. The third kappa shape index (κ3) is 4.12. The van der Waals surface area contributed by atoms with Crippen LogP contribution >= 0.6 is 22.9 Å². The number of thiazole rings is 1. The quantitative estimate of drug-likeness (QED) is 0.749. The van der Waals surface area contributed by atoms with Crippen LogP contribution in [0.2, 0.25) is 5.02 Å². The maximum atomic E-state index is 13.4. The Morgan fingerprint density at radius 2 is 2.25 bits per heavy atom. The van der Waals surface area contributed by atoms with Crippen LogP contribution in [0, 0.1) is 12.7 Å². The standard InChI is InChI=1S/C14H12ClFN6OS/c1-8-14(19-12(23)6-22-7-17-20-21-22)24-13(18-8)4-9-2-10(15)5-11(16)3-9/h2-3,5,7H,4,6H2,1H3,(H,19,23). The molecule has 3 rings (SSSR count). The predicted molar refractivity (Wildman–Crippen MR) is 87.5 cm³/mol. The van der Waals surface area contributed by atoms with Gasteiger partial charge in [-0.1, -0.05) is 11.6 Å². The normalized spacial score (nSPS) is 10.8. The Kier molecular flexibility index (Phi) is 4.81. The van der Waals surface area contributed by atoms with Gasteiger partial charge in [-0.3, -0.25) is 4.79 Å². The molecule has 10 heteroatoms. The van der Waals surface area contributed by atoms with Gasteiger partial charge >= 0.3 is 0 Å². The average molecular weight is 367 g/mol. The number of halogens is 2. The largest absolute Gasteiger partial charge is 0.315 e. The summed E-state index contributed by atoms with van der Waals surface area (Å²) in [5, 5.41) is 15.1. The number of aryl methyl sites for hydroxylation is 1. The molecule has 0 bridgehead atoms. The molecule has 1 amide bonds. The number of hydrogen-bond donors (Lipinski definition) is 1. The molecule has 7 nitrogen and oxygen atoms in total. The van der Waals surface area contributed by atoms with Gasteiger partial charge in [0.15, 0.2) is 0 Å². The minimum Gasteiger partial charge on any atom is -0.315 e. The number of anilines is 1. The van der Waals surface area contributed by atoms with E-state index in [2.05, 4.69) is 25.8 Å². The molecular formula is C14H12ClFN6OS. The van der Waals surface area contributed by atoms with Crippen molar-refractivity contribution in [3.05, 3.63) is 51.6 Å². The molecule has 24 heavy (non-hydrogen) atoms. The highest BCUT2D eigenvalue weighted by Gasteiger charge is 2.12. The van der Waals surface area contributed by atoms with Crippen molar-refractivity contribution >= 4 is 33.8 Å². The number of amides is 1. The van der Waals surface area contributed by atoms with Crippen LogP contribution in [0.25, 0.3) is 0 Å². The SMILES string of the molecule is Cc1nc(Cc2cc(F)cc(Cl)c2)sc1NC(=O)Cn1cnnn1. The first kappa shape index (κ1) is 16.5. The van der Waals surface area contributed by atoms with Crippen LogP contribution in [0.1, 0.15) is 16.3 Å². The Bertz CT molecular complexity index is 846. The molecule has 0 aliphatic carbocycles. The van der Waals surface area contributed by atoms with Gasteiger partial charge in [0.25, 0.3) is 0 Å². The van der Waals surface area contributed by atoms with E-state index in [1.54, 1.807) is 13.0 Å². The molecule has 2 aromatic heterocycles. The number of carbonyl (C=O) groups excluding carboxylic acids is 1. The first-order valence-electron chi connectivity index (χ1n) is 6.91. The summed E-state index contributed by atoms with van der Waals surface area (Å²) < 4.78 is 14.7. The molecule has 0 aliphatic heterocycles.